The minimum absolute atomic E-state index is 0.283. The zero-order valence-corrected chi connectivity index (χ0v) is 14.0. The molecule has 0 saturated carbocycles. The molecule has 1 aromatic carbocycles. The predicted octanol–water partition coefficient (Wildman–Crippen LogP) is 1.78. The van der Waals surface area contributed by atoms with Crippen LogP contribution in [0.25, 0.3) is 6.08 Å². The number of ether oxygens (including phenoxy) is 3. The van der Waals surface area contributed by atoms with Gasteiger partial charge in [-0.05, 0) is 30.3 Å². The van der Waals surface area contributed by atoms with E-state index >= 15 is 0 Å². The molecule has 1 fully saturated rings. The van der Waals surface area contributed by atoms with E-state index in [2.05, 4.69) is 23.2 Å². The number of benzene rings is 1. The number of fused-ring (bicyclic) bond motifs is 1. The highest BCUT2D eigenvalue weighted by molar-refractivity contribution is 5.63. The van der Waals surface area contributed by atoms with Crippen molar-refractivity contribution < 1.29 is 14.2 Å². The summed E-state index contributed by atoms with van der Waals surface area (Å²) in [7, 11) is 1.67. The largest absolute Gasteiger partial charge is 0.497 e. The lowest BCUT2D eigenvalue weighted by Crippen LogP contribution is -2.46. The summed E-state index contributed by atoms with van der Waals surface area (Å²) in [4.78, 5) is 2.43. The second-order valence-corrected chi connectivity index (χ2v) is 6.01. The van der Waals surface area contributed by atoms with Gasteiger partial charge in [0.25, 0.3) is 0 Å². The van der Waals surface area contributed by atoms with Crippen LogP contribution in [0.3, 0.4) is 0 Å². The maximum absolute atomic E-state index is 5.83. The van der Waals surface area contributed by atoms with Gasteiger partial charge in [0.05, 0.1) is 19.8 Å². The van der Waals surface area contributed by atoms with Crippen LogP contribution in [-0.4, -0.2) is 64.1 Å². The molecule has 0 amide bonds. The van der Waals surface area contributed by atoms with E-state index in [1.807, 2.05) is 18.2 Å². The lowest BCUT2D eigenvalue weighted by Gasteiger charge is -2.32. The molecule has 126 valence electrons. The van der Waals surface area contributed by atoms with Crippen LogP contribution >= 0.6 is 0 Å². The SMILES string of the molecule is CCN1CCO[C@H](CNCC2=Cc3ccc(OC)cc3OC2)C1. The number of morpholine rings is 1. The first-order valence-corrected chi connectivity index (χ1v) is 8.33. The summed E-state index contributed by atoms with van der Waals surface area (Å²) in [5.74, 6) is 1.72. The highest BCUT2D eigenvalue weighted by Crippen LogP contribution is 2.30. The topological polar surface area (TPSA) is 43.0 Å². The van der Waals surface area contributed by atoms with Crippen molar-refractivity contribution in [2.75, 3.05) is 53.0 Å². The van der Waals surface area contributed by atoms with Gasteiger partial charge in [0.15, 0.2) is 0 Å². The Kier molecular flexibility index (Phi) is 5.54. The third kappa shape index (κ3) is 4.25. The Hall–Kier alpha value is -1.56. The maximum Gasteiger partial charge on any atom is 0.130 e. The Balaban J connectivity index is 1.50. The summed E-state index contributed by atoms with van der Waals surface area (Å²) in [6.45, 7) is 8.53. The number of hydrogen-bond donors (Lipinski definition) is 1. The van der Waals surface area contributed by atoms with Gasteiger partial charge in [0.1, 0.15) is 18.1 Å². The van der Waals surface area contributed by atoms with Crippen LogP contribution in [0.15, 0.2) is 23.8 Å². The molecular formula is C18H26N2O3. The van der Waals surface area contributed by atoms with Crippen molar-refractivity contribution in [1.29, 1.82) is 0 Å². The van der Waals surface area contributed by atoms with Crippen molar-refractivity contribution in [3.05, 3.63) is 29.3 Å². The van der Waals surface area contributed by atoms with Crippen molar-refractivity contribution in [1.82, 2.24) is 10.2 Å². The second kappa shape index (κ2) is 7.81. The van der Waals surface area contributed by atoms with Gasteiger partial charge in [0, 0.05) is 37.8 Å². The molecule has 0 aliphatic carbocycles. The fourth-order valence-corrected chi connectivity index (χ4v) is 3.00. The number of rotatable bonds is 6. The van der Waals surface area contributed by atoms with E-state index in [-0.39, 0.29) is 6.10 Å². The van der Waals surface area contributed by atoms with E-state index in [1.165, 1.54) is 5.57 Å². The molecule has 2 aliphatic heterocycles. The van der Waals surface area contributed by atoms with Gasteiger partial charge < -0.3 is 19.5 Å². The zero-order chi connectivity index (χ0) is 16.1. The Morgan fingerprint density at radius 3 is 3.13 bits per heavy atom. The number of hydrogen-bond acceptors (Lipinski definition) is 5. The minimum atomic E-state index is 0.283. The molecule has 2 heterocycles. The molecule has 1 saturated heterocycles. The van der Waals surface area contributed by atoms with Crippen LogP contribution in [0.1, 0.15) is 12.5 Å². The van der Waals surface area contributed by atoms with Gasteiger partial charge >= 0.3 is 0 Å². The van der Waals surface area contributed by atoms with Crippen molar-refractivity contribution >= 4 is 6.08 Å². The Bertz CT molecular complexity index is 559. The van der Waals surface area contributed by atoms with E-state index in [1.54, 1.807) is 7.11 Å². The zero-order valence-electron chi connectivity index (χ0n) is 14.0. The minimum Gasteiger partial charge on any atom is -0.497 e. The molecule has 23 heavy (non-hydrogen) atoms. The predicted molar refractivity (Wildman–Crippen MR) is 91.2 cm³/mol. The molecule has 3 rings (SSSR count). The first-order valence-electron chi connectivity index (χ1n) is 8.33. The highest BCUT2D eigenvalue weighted by Gasteiger charge is 2.19. The van der Waals surface area contributed by atoms with Gasteiger partial charge in [-0.1, -0.05) is 6.92 Å². The number of likely N-dealkylation sites (N-methyl/N-ethyl adjacent to an activating group) is 1. The summed E-state index contributed by atoms with van der Waals surface area (Å²) in [6, 6.07) is 5.94. The Morgan fingerprint density at radius 2 is 2.30 bits per heavy atom. The average Bonchev–Trinajstić information content (AvgIpc) is 2.61. The van der Waals surface area contributed by atoms with Crippen LogP contribution in [0.2, 0.25) is 0 Å². The van der Waals surface area contributed by atoms with Crippen molar-refractivity contribution in [2.24, 2.45) is 0 Å². The van der Waals surface area contributed by atoms with Gasteiger partial charge in [0.2, 0.25) is 0 Å². The van der Waals surface area contributed by atoms with Crippen molar-refractivity contribution in [3.63, 3.8) is 0 Å². The molecule has 0 bridgehead atoms. The Morgan fingerprint density at radius 1 is 1.39 bits per heavy atom. The van der Waals surface area contributed by atoms with Crippen molar-refractivity contribution in [2.45, 2.75) is 13.0 Å². The van der Waals surface area contributed by atoms with Gasteiger partial charge in [-0.15, -0.1) is 0 Å². The quantitative estimate of drug-likeness (QED) is 0.866. The highest BCUT2D eigenvalue weighted by atomic mass is 16.5. The summed E-state index contributed by atoms with van der Waals surface area (Å²) in [6.07, 6.45) is 2.48. The van der Waals surface area contributed by atoms with Gasteiger partial charge in [-0.2, -0.15) is 0 Å². The second-order valence-electron chi connectivity index (χ2n) is 6.01. The van der Waals surface area contributed by atoms with Crippen LogP contribution in [0.4, 0.5) is 0 Å². The van der Waals surface area contributed by atoms with E-state index in [0.717, 1.165) is 56.4 Å². The van der Waals surface area contributed by atoms with Crippen LogP contribution in [-0.2, 0) is 4.74 Å². The third-order valence-corrected chi connectivity index (χ3v) is 4.39. The molecule has 1 N–H and O–H groups in total. The number of nitrogens with one attached hydrogen (secondary N) is 1. The van der Waals surface area contributed by atoms with Gasteiger partial charge in [-0.3, -0.25) is 4.90 Å². The number of methoxy groups -OCH3 is 1. The molecule has 0 spiro atoms. The summed E-state index contributed by atoms with van der Waals surface area (Å²) >= 11 is 0. The van der Waals surface area contributed by atoms with E-state index in [0.29, 0.717) is 6.61 Å². The van der Waals surface area contributed by atoms with Gasteiger partial charge in [-0.25, -0.2) is 0 Å². The van der Waals surface area contributed by atoms with E-state index in [4.69, 9.17) is 14.2 Å². The monoisotopic (exact) mass is 318 g/mol. The van der Waals surface area contributed by atoms with Crippen LogP contribution in [0, 0.1) is 0 Å². The lowest BCUT2D eigenvalue weighted by molar-refractivity contribution is -0.0249. The Labute approximate surface area is 138 Å². The lowest BCUT2D eigenvalue weighted by atomic mass is 10.1. The maximum atomic E-state index is 5.83. The third-order valence-electron chi connectivity index (χ3n) is 4.39. The summed E-state index contributed by atoms with van der Waals surface area (Å²) in [5, 5.41) is 3.50. The molecular weight excluding hydrogens is 292 g/mol. The average molecular weight is 318 g/mol. The molecule has 0 unspecified atom stereocenters. The van der Waals surface area contributed by atoms with E-state index < -0.39 is 0 Å². The summed E-state index contributed by atoms with van der Waals surface area (Å²) < 4.78 is 16.9. The number of nitrogens with zero attached hydrogens (tertiary/aromatic N) is 1. The van der Waals surface area contributed by atoms with Crippen molar-refractivity contribution in [3.8, 4) is 11.5 Å². The molecule has 2 aliphatic rings. The molecule has 5 heteroatoms. The fourth-order valence-electron chi connectivity index (χ4n) is 3.00. The first-order chi connectivity index (χ1) is 11.3. The first kappa shape index (κ1) is 16.3. The molecule has 5 nitrogen and oxygen atoms in total. The molecule has 0 radical (unpaired) electrons. The standard InChI is InChI=1S/C18H26N2O3/c1-3-20-6-7-22-17(12-20)11-19-10-14-8-15-4-5-16(21-2)9-18(15)23-13-14/h4-5,8-9,17,19H,3,6-7,10-13H2,1-2H3/t17-/m1/s1. The smallest absolute Gasteiger partial charge is 0.130 e. The summed E-state index contributed by atoms with van der Waals surface area (Å²) in [5.41, 5.74) is 2.37. The van der Waals surface area contributed by atoms with Crippen LogP contribution < -0.4 is 14.8 Å². The fraction of sp³-hybridized carbons (Fsp3) is 0.556. The van der Waals surface area contributed by atoms with Crippen LogP contribution in [0.5, 0.6) is 11.5 Å². The normalized spacial score (nSPS) is 21.3. The molecule has 1 atom stereocenters. The molecule has 1 aromatic rings. The molecule has 0 aromatic heterocycles. The van der Waals surface area contributed by atoms with E-state index in [9.17, 15) is 0 Å².